The van der Waals surface area contributed by atoms with Crippen LogP contribution in [-0.4, -0.2) is 20.0 Å². The zero-order chi connectivity index (χ0) is 13.6. The van der Waals surface area contributed by atoms with Crippen LogP contribution in [0.2, 0.25) is 0 Å². The molecular weight excluding hydrogens is 249 g/mol. The first kappa shape index (κ1) is 15.4. The molecule has 102 valence electrons. The van der Waals surface area contributed by atoms with Gasteiger partial charge in [-0.25, -0.2) is 0 Å². The maximum absolute atomic E-state index is 12.4. The third-order valence-corrected chi connectivity index (χ3v) is 5.32. The lowest BCUT2D eigenvalue weighted by Gasteiger charge is -2.28. The average Bonchev–Trinajstić information content (AvgIpc) is 2.39. The van der Waals surface area contributed by atoms with Gasteiger partial charge in [0.2, 0.25) is 0 Å². The highest BCUT2D eigenvalue weighted by molar-refractivity contribution is 7.54. The second kappa shape index (κ2) is 7.05. The van der Waals surface area contributed by atoms with Gasteiger partial charge >= 0.3 is 7.60 Å². The van der Waals surface area contributed by atoms with E-state index in [1.54, 1.807) is 0 Å². The first-order valence-electron chi connectivity index (χ1n) is 6.02. The van der Waals surface area contributed by atoms with Crippen molar-refractivity contribution in [1.82, 2.24) is 5.32 Å². The third kappa shape index (κ3) is 3.92. The van der Waals surface area contributed by atoms with Crippen LogP contribution in [0, 0.1) is 5.92 Å². The van der Waals surface area contributed by atoms with Gasteiger partial charge in [0.15, 0.2) is 0 Å². The summed E-state index contributed by atoms with van der Waals surface area (Å²) in [4.78, 5) is 0. The monoisotopic (exact) mass is 271 g/mol. The Bertz CT molecular complexity index is 386. The molecule has 1 unspecified atom stereocenters. The second-order valence-corrected chi connectivity index (χ2v) is 6.83. The molecule has 0 aliphatic carbocycles. The molecular formula is C13H22NO3P. The first-order chi connectivity index (χ1) is 8.53. The van der Waals surface area contributed by atoms with Crippen molar-refractivity contribution >= 4 is 7.60 Å². The molecule has 1 rings (SSSR count). The molecule has 0 fully saturated rings. The van der Waals surface area contributed by atoms with Crippen LogP contribution in [0.15, 0.2) is 30.3 Å². The third-order valence-electron chi connectivity index (χ3n) is 2.84. The largest absolute Gasteiger partial charge is 0.347 e. The van der Waals surface area contributed by atoms with Crippen LogP contribution in [0.1, 0.15) is 19.4 Å². The van der Waals surface area contributed by atoms with Gasteiger partial charge < -0.3 is 9.05 Å². The van der Waals surface area contributed by atoms with E-state index >= 15 is 0 Å². The lowest BCUT2D eigenvalue weighted by molar-refractivity contribution is 0.247. The number of hydrogen-bond acceptors (Lipinski definition) is 4. The summed E-state index contributed by atoms with van der Waals surface area (Å²) in [6.07, 6.45) is 0. The Kier molecular flexibility index (Phi) is 6.03. The zero-order valence-electron chi connectivity index (χ0n) is 11.4. The van der Waals surface area contributed by atoms with E-state index in [4.69, 9.17) is 9.05 Å². The van der Waals surface area contributed by atoms with Gasteiger partial charge in [-0.2, -0.15) is 0 Å². The number of hydrogen-bond donors (Lipinski definition) is 1. The smallest absolute Gasteiger partial charge is 0.311 e. The van der Waals surface area contributed by atoms with E-state index in [9.17, 15) is 4.57 Å². The molecule has 0 amide bonds. The quantitative estimate of drug-likeness (QED) is 0.773. The summed E-state index contributed by atoms with van der Waals surface area (Å²) in [6.45, 7) is 4.63. The molecule has 1 N–H and O–H groups in total. The Morgan fingerprint density at radius 1 is 1.17 bits per heavy atom. The number of benzene rings is 1. The van der Waals surface area contributed by atoms with Gasteiger partial charge in [-0.1, -0.05) is 44.2 Å². The summed E-state index contributed by atoms with van der Waals surface area (Å²) < 4.78 is 22.5. The van der Waals surface area contributed by atoms with E-state index in [0.717, 1.165) is 5.56 Å². The van der Waals surface area contributed by atoms with Crippen molar-refractivity contribution in [3.05, 3.63) is 35.9 Å². The summed E-state index contributed by atoms with van der Waals surface area (Å²) >= 11 is 0. The summed E-state index contributed by atoms with van der Waals surface area (Å²) in [5, 5.41) is 3.26. The Morgan fingerprint density at radius 2 is 1.72 bits per heavy atom. The number of rotatable bonds is 7. The lowest BCUT2D eigenvalue weighted by atomic mass is 10.2. The maximum Gasteiger partial charge on any atom is 0.347 e. The lowest BCUT2D eigenvalue weighted by Crippen LogP contribution is -2.34. The minimum atomic E-state index is -3.10. The summed E-state index contributed by atoms with van der Waals surface area (Å²) in [5.74, 6) is -0.160. The van der Waals surface area contributed by atoms with Crippen molar-refractivity contribution in [2.24, 2.45) is 5.92 Å². The predicted octanol–water partition coefficient (Wildman–Crippen LogP) is 3.24. The fourth-order valence-electron chi connectivity index (χ4n) is 1.83. The van der Waals surface area contributed by atoms with Gasteiger partial charge in [-0.15, -0.1) is 0 Å². The fraction of sp³-hybridized carbons (Fsp3) is 0.538. The van der Waals surface area contributed by atoms with Crippen molar-refractivity contribution < 1.29 is 13.6 Å². The molecule has 0 radical (unpaired) electrons. The van der Waals surface area contributed by atoms with Crippen molar-refractivity contribution in [3.63, 3.8) is 0 Å². The van der Waals surface area contributed by atoms with E-state index in [0.29, 0.717) is 6.54 Å². The fourth-order valence-corrected chi connectivity index (χ4v) is 3.48. The van der Waals surface area contributed by atoms with Crippen LogP contribution in [0.3, 0.4) is 0 Å². The van der Waals surface area contributed by atoms with E-state index in [1.165, 1.54) is 14.2 Å². The predicted molar refractivity (Wildman–Crippen MR) is 73.5 cm³/mol. The second-order valence-electron chi connectivity index (χ2n) is 4.46. The minimum absolute atomic E-state index is 0.152. The molecule has 0 bridgehead atoms. The molecule has 0 aliphatic rings. The SMILES string of the molecule is COP(=O)(OC)C(NCc1ccccc1)C(C)C. The maximum atomic E-state index is 12.4. The molecule has 1 atom stereocenters. The Balaban J connectivity index is 2.73. The molecule has 4 nitrogen and oxygen atoms in total. The van der Waals surface area contributed by atoms with Crippen LogP contribution in [-0.2, 0) is 20.2 Å². The van der Waals surface area contributed by atoms with E-state index in [2.05, 4.69) is 5.32 Å². The van der Waals surface area contributed by atoms with Crippen molar-refractivity contribution in [3.8, 4) is 0 Å². The summed E-state index contributed by atoms with van der Waals surface area (Å²) in [6, 6.07) is 9.98. The standard InChI is InChI=1S/C13H22NO3P/c1-11(2)13(18(15,16-3)17-4)14-10-12-8-6-5-7-9-12/h5-9,11,13-14H,10H2,1-4H3. The van der Waals surface area contributed by atoms with Gasteiger partial charge in [-0.05, 0) is 11.5 Å². The van der Waals surface area contributed by atoms with Gasteiger partial charge in [0.05, 0.1) is 0 Å². The molecule has 0 saturated carbocycles. The first-order valence-corrected chi connectivity index (χ1v) is 7.63. The molecule has 0 spiro atoms. The zero-order valence-corrected chi connectivity index (χ0v) is 12.3. The summed E-state index contributed by atoms with van der Waals surface area (Å²) in [7, 11) is -0.255. The van der Waals surface area contributed by atoms with Crippen molar-refractivity contribution in [2.75, 3.05) is 14.2 Å². The Labute approximate surface area is 109 Å². The Morgan fingerprint density at radius 3 is 2.17 bits per heavy atom. The topological polar surface area (TPSA) is 47.6 Å². The molecule has 0 heterocycles. The minimum Gasteiger partial charge on any atom is -0.311 e. The van der Waals surface area contributed by atoms with Gasteiger partial charge in [0.25, 0.3) is 0 Å². The molecule has 0 saturated heterocycles. The van der Waals surface area contributed by atoms with Gasteiger partial charge in [-0.3, -0.25) is 9.88 Å². The van der Waals surface area contributed by atoms with E-state index < -0.39 is 7.60 Å². The van der Waals surface area contributed by atoms with Gasteiger partial charge in [0, 0.05) is 20.8 Å². The molecule has 0 aromatic heterocycles. The molecule has 0 aliphatic heterocycles. The van der Waals surface area contributed by atoms with Crippen LogP contribution in [0.5, 0.6) is 0 Å². The highest BCUT2D eigenvalue weighted by Gasteiger charge is 2.35. The van der Waals surface area contributed by atoms with Crippen LogP contribution in [0.4, 0.5) is 0 Å². The van der Waals surface area contributed by atoms with Crippen LogP contribution >= 0.6 is 7.60 Å². The van der Waals surface area contributed by atoms with E-state index in [1.807, 2.05) is 44.2 Å². The van der Waals surface area contributed by atoms with E-state index in [-0.39, 0.29) is 11.7 Å². The molecule has 1 aromatic rings. The highest BCUT2D eigenvalue weighted by atomic mass is 31.2. The van der Waals surface area contributed by atoms with Crippen molar-refractivity contribution in [2.45, 2.75) is 26.2 Å². The Hall–Kier alpha value is -0.670. The normalized spacial score (nSPS) is 13.8. The van der Waals surface area contributed by atoms with Crippen LogP contribution < -0.4 is 5.32 Å². The van der Waals surface area contributed by atoms with Gasteiger partial charge in [0.1, 0.15) is 5.78 Å². The summed E-state index contributed by atoms with van der Waals surface area (Å²) in [5.41, 5.74) is 1.14. The highest BCUT2D eigenvalue weighted by Crippen LogP contribution is 2.52. The van der Waals surface area contributed by atoms with Crippen molar-refractivity contribution in [1.29, 1.82) is 0 Å². The molecule has 5 heteroatoms. The average molecular weight is 271 g/mol. The number of nitrogens with one attached hydrogen (secondary N) is 1. The van der Waals surface area contributed by atoms with Crippen LogP contribution in [0.25, 0.3) is 0 Å². The molecule has 18 heavy (non-hydrogen) atoms. The molecule has 1 aromatic carbocycles.